The Bertz CT molecular complexity index is 1080. The average molecular weight is 431 g/mol. The van der Waals surface area contributed by atoms with Crippen molar-refractivity contribution in [3.8, 4) is 5.69 Å². The Morgan fingerprint density at radius 3 is 2.35 bits per heavy atom. The fraction of sp³-hybridized carbons (Fsp3) is 0. The first-order valence-electron chi connectivity index (χ1n) is 7.08. The minimum Gasteiger partial charge on any atom is -0.305 e. The van der Waals surface area contributed by atoms with E-state index >= 15 is 0 Å². The molecule has 0 aliphatic rings. The fourth-order valence-corrected chi connectivity index (χ4v) is 4.16. The van der Waals surface area contributed by atoms with Crippen LogP contribution in [0.1, 0.15) is 10.5 Å². The number of imidazole rings is 1. The van der Waals surface area contributed by atoms with E-state index in [2.05, 4.69) is 4.98 Å². The number of rotatable bonds is 4. The Balaban J connectivity index is 1.86. The summed E-state index contributed by atoms with van der Waals surface area (Å²) in [5, 5.41) is 0.828. The minimum atomic E-state index is -4.13. The van der Waals surface area contributed by atoms with Gasteiger partial charge in [-0.2, -0.15) is 0 Å². The molecule has 3 rings (SSSR count). The van der Waals surface area contributed by atoms with Crippen LogP contribution < -0.4 is 4.72 Å². The van der Waals surface area contributed by atoms with Crippen LogP contribution in [0.15, 0.2) is 59.9 Å². The number of benzene rings is 2. The summed E-state index contributed by atoms with van der Waals surface area (Å²) in [5.74, 6) is -0.892. The van der Waals surface area contributed by atoms with Crippen LogP contribution in [0.4, 0.5) is 0 Å². The molecule has 1 aromatic heterocycles. The van der Waals surface area contributed by atoms with Crippen LogP contribution in [0.25, 0.3) is 5.69 Å². The van der Waals surface area contributed by atoms with Crippen molar-refractivity contribution in [2.45, 2.75) is 4.90 Å². The van der Waals surface area contributed by atoms with Gasteiger partial charge in [-0.3, -0.25) is 4.79 Å². The van der Waals surface area contributed by atoms with Crippen molar-refractivity contribution in [3.05, 3.63) is 75.8 Å². The molecular weight excluding hydrogens is 421 g/mol. The zero-order chi connectivity index (χ0) is 18.9. The van der Waals surface area contributed by atoms with E-state index in [1.54, 1.807) is 24.3 Å². The number of hydrogen-bond donors (Lipinski definition) is 1. The highest BCUT2D eigenvalue weighted by atomic mass is 35.5. The second-order valence-electron chi connectivity index (χ2n) is 5.16. The summed E-state index contributed by atoms with van der Waals surface area (Å²) in [6.45, 7) is 0. The van der Waals surface area contributed by atoms with Crippen molar-refractivity contribution in [1.82, 2.24) is 14.3 Å². The summed E-state index contributed by atoms with van der Waals surface area (Å²) in [6.07, 6.45) is 2.71. The minimum absolute atomic E-state index is 0.00639. The number of carbonyl (C=O) groups is 1. The molecule has 1 N–H and O–H groups in total. The molecule has 1 heterocycles. The standard InChI is InChI=1S/C16H10Cl3N3O3S/c17-10-5-11(18)7-12(6-10)22-8-14(20-9-22)16(23)21-26(24,25)15-4-2-1-3-13(15)19/h1-9H,(H,21,23). The smallest absolute Gasteiger partial charge is 0.285 e. The zero-order valence-electron chi connectivity index (χ0n) is 12.9. The number of aromatic nitrogens is 2. The molecule has 6 nitrogen and oxygen atoms in total. The van der Waals surface area contributed by atoms with Gasteiger partial charge in [-0.1, -0.05) is 46.9 Å². The summed E-state index contributed by atoms with van der Waals surface area (Å²) >= 11 is 17.8. The molecule has 0 atom stereocenters. The Kier molecular flexibility index (Phi) is 5.24. The molecular formula is C16H10Cl3N3O3S. The second kappa shape index (κ2) is 7.28. The zero-order valence-corrected chi connectivity index (χ0v) is 15.9. The van der Waals surface area contributed by atoms with Gasteiger partial charge >= 0.3 is 0 Å². The highest BCUT2D eigenvalue weighted by Crippen LogP contribution is 2.22. The largest absolute Gasteiger partial charge is 0.305 e. The molecule has 0 saturated heterocycles. The van der Waals surface area contributed by atoms with Crippen molar-refractivity contribution in [3.63, 3.8) is 0 Å². The maximum Gasteiger partial charge on any atom is 0.285 e. The topological polar surface area (TPSA) is 81.1 Å². The van der Waals surface area contributed by atoms with E-state index in [0.717, 1.165) is 0 Å². The lowest BCUT2D eigenvalue weighted by Crippen LogP contribution is -2.31. The molecule has 10 heteroatoms. The third kappa shape index (κ3) is 4.02. The first-order chi connectivity index (χ1) is 12.3. The van der Waals surface area contributed by atoms with Gasteiger partial charge in [0, 0.05) is 21.9 Å². The lowest BCUT2D eigenvalue weighted by molar-refractivity contribution is 0.0977. The van der Waals surface area contributed by atoms with Gasteiger partial charge in [0.05, 0.1) is 5.02 Å². The summed E-state index contributed by atoms with van der Waals surface area (Å²) in [7, 11) is -4.13. The molecule has 0 unspecified atom stereocenters. The van der Waals surface area contributed by atoms with Crippen LogP contribution in [-0.4, -0.2) is 23.9 Å². The van der Waals surface area contributed by atoms with Gasteiger partial charge in [0.1, 0.15) is 16.9 Å². The third-order valence-corrected chi connectivity index (χ3v) is 5.58. The molecule has 0 bridgehead atoms. The SMILES string of the molecule is O=C(NS(=O)(=O)c1ccccc1Cl)c1cn(-c2cc(Cl)cc(Cl)c2)cn1. The van der Waals surface area contributed by atoms with Crippen LogP contribution in [0.2, 0.25) is 15.1 Å². The molecule has 0 saturated carbocycles. The van der Waals surface area contributed by atoms with Gasteiger partial charge in [-0.25, -0.2) is 18.1 Å². The molecule has 0 spiro atoms. The Hall–Kier alpha value is -2.06. The van der Waals surface area contributed by atoms with E-state index in [1.165, 1.54) is 35.3 Å². The lowest BCUT2D eigenvalue weighted by atomic mass is 10.3. The molecule has 26 heavy (non-hydrogen) atoms. The number of carbonyl (C=O) groups excluding carboxylic acids is 1. The molecule has 134 valence electrons. The van der Waals surface area contributed by atoms with Crippen LogP contribution in [0.3, 0.4) is 0 Å². The normalized spacial score (nSPS) is 11.3. The highest BCUT2D eigenvalue weighted by molar-refractivity contribution is 7.90. The van der Waals surface area contributed by atoms with E-state index in [9.17, 15) is 13.2 Å². The summed E-state index contributed by atoms with van der Waals surface area (Å²) in [5.41, 5.74) is 0.472. The highest BCUT2D eigenvalue weighted by Gasteiger charge is 2.22. The van der Waals surface area contributed by atoms with Gasteiger partial charge < -0.3 is 4.57 Å². The predicted octanol–water partition coefficient (Wildman–Crippen LogP) is 3.95. The number of nitrogens with one attached hydrogen (secondary N) is 1. The number of halogens is 3. The van der Waals surface area contributed by atoms with Crippen molar-refractivity contribution in [2.24, 2.45) is 0 Å². The molecule has 1 amide bonds. The fourth-order valence-electron chi connectivity index (χ4n) is 2.16. The van der Waals surface area contributed by atoms with E-state index in [1.807, 2.05) is 4.72 Å². The molecule has 0 aliphatic heterocycles. The average Bonchev–Trinajstić information content (AvgIpc) is 3.04. The number of hydrogen-bond acceptors (Lipinski definition) is 4. The Morgan fingerprint density at radius 2 is 1.69 bits per heavy atom. The summed E-state index contributed by atoms with van der Waals surface area (Å²) in [6, 6.07) is 10.6. The molecule has 2 aromatic carbocycles. The van der Waals surface area contributed by atoms with E-state index < -0.39 is 15.9 Å². The van der Waals surface area contributed by atoms with Crippen molar-refractivity contribution >= 4 is 50.7 Å². The van der Waals surface area contributed by atoms with Crippen LogP contribution >= 0.6 is 34.8 Å². The number of sulfonamides is 1. The van der Waals surface area contributed by atoms with Gasteiger partial charge in [0.15, 0.2) is 0 Å². The van der Waals surface area contributed by atoms with Crippen LogP contribution in [-0.2, 0) is 10.0 Å². The molecule has 0 fully saturated rings. The molecule has 3 aromatic rings. The maximum absolute atomic E-state index is 12.3. The predicted molar refractivity (Wildman–Crippen MR) is 99.7 cm³/mol. The maximum atomic E-state index is 12.3. The van der Waals surface area contributed by atoms with E-state index in [-0.39, 0.29) is 15.6 Å². The Morgan fingerprint density at radius 1 is 1.04 bits per heavy atom. The second-order valence-corrected chi connectivity index (χ2v) is 8.09. The third-order valence-electron chi connectivity index (χ3n) is 3.31. The van der Waals surface area contributed by atoms with Gasteiger partial charge in [0.2, 0.25) is 0 Å². The van der Waals surface area contributed by atoms with E-state index in [0.29, 0.717) is 15.7 Å². The quantitative estimate of drug-likeness (QED) is 0.679. The first-order valence-corrected chi connectivity index (χ1v) is 9.70. The van der Waals surface area contributed by atoms with Gasteiger partial charge in [0.25, 0.3) is 15.9 Å². The van der Waals surface area contributed by atoms with Crippen LogP contribution in [0, 0.1) is 0 Å². The Labute approximate surface area is 164 Å². The number of amides is 1. The van der Waals surface area contributed by atoms with Crippen LogP contribution in [0.5, 0.6) is 0 Å². The summed E-state index contributed by atoms with van der Waals surface area (Å²) < 4.78 is 28.1. The number of nitrogens with zero attached hydrogens (tertiary/aromatic N) is 2. The monoisotopic (exact) mass is 429 g/mol. The summed E-state index contributed by atoms with van der Waals surface area (Å²) in [4.78, 5) is 16.0. The lowest BCUT2D eigenvalue weighted by Gasteiger charge is -2.07. The molecule has 0 aliphatic carbocycles. The van der Waals surface area contributed by atoms with Crippen molar-refractivity contribution in [2.75, 3.05) is 0 Å². The molecule has 0 radical (unpaired) electrons. The first kappa shape index (κ1) is 18.7. The van der Waals surface area contributed by atoms with Crippen molar-refractivity contribution in [1.29, 1.82) is 0 Å². The van der Waals surface area contributed by atoms with Gasteiger partial charge in [-0.05, 0) is 30.3 Å². The van der Waals surface area contributed by atoms with E-state index in [4.69, 9.17) is 34.8 Å². The van der Waals surface area contributed by atoms with Gasteiger partial charge in [-0.15, -0.1) is 0 Å². The van der Waals surface area contributed by atoms with Crippen molar-refractivity contribution < 1.29 is 13.2 Å².